The quantitative estimate of drug-likeness (QED) is 0.401. The van der Waals surface area contributed by atoms with E-state index in [1.165, 1.54) is 48.2 Å². The lowest BCUT2D eigenvalue weighted by molar-refractivity contribution is -0.116. The minimum atomic E-state index is -3.84. The first kappa shape index (κ1) is 22.2. The molecule has 1 aromatic heterocycles. The number of benzene rings is 2. The molecule has 0 spiro atoms. The first-order chi connectivity index (χ1) is 14.2. The normalized spacial score (nSPS) is 12.4. The first-order valence-electron chi connectivity index (χ1n) is 8.80. The van der Waals surface area contributed by atoms with Gasteiger partial charge in [-0.25, -0.2) is 12.8 Å². The maximum absolute atomic E-state index is 13.6. The fourth-order valence-corrected chi connectivity index (χ4v) is 5.55. The van der Waals surface area contributed by atoms with Gasteiger partial charge in [-0.1, -0.05) is 59.5 Å². The van der Waals surface area contributed by atoms with Crippen molar-refractivity contribution in [2.75, 3.05) is 15.9 Å². The van der Waals surface area contributed by atoms with Crippen LogP contribution in [0.2, 0.25) is 0 Å². The molecule has 0 fully saturated rings. The third kappa shape index (κ3) is 5.77. The van der Waals surface area contributed by atoms with Crippen molar-refractivity contribution in [2.24, 2.45) is 0 Å². The predicted molar refractivity (Wildman–Crippen MR) is 118 cm³/mol. The molecular weight excluding hydrogens is 447 g/mol. The molecule has 1 heterocycles. The van der Waals surface area contributed by atoms with Crippen molar-refractivity contribution in [3.8, 4) is 0 Å². The number of halogens is 1. The van der Waals surface area contributed by atoms with E-state index in [2.05, 4.69) is 15.5 Å². The number of sulfonamides is 1. The number of nitrogens with zero attached hydrogens (tertiary/aromatic N) is 3. The SMILES string of the molecule is CC(C(=O)Nc1nnc(SCc2ccccc2)s1)N(c1cccc(F)c1)S(C)(=O)=O. The molecule has 3 aromatic rings. The van der Waals surface area contributed by atoms with E-state index in [4.69, 9.17) is 0 Å². The Kier molecular flexibility index (Phi) is 7.06. The molecule has 1 amide bonds. The van der Waals surface area contributed by atoms with Crippen LogP contribution in [0.1, 0.15) is 12.5 Å². The van der Waals surface area contributed by atoms with E-state index < -0.39 is 27.8 Å². The highest BCUT2D eigenvalue weighted by Crippen LogP contribution is 2.29. The molecule has 2 aromatic carbocycles. The van der Waals surface area contributed by atoms with E-state index in [0.29, 0.717) is 10.1 Å². The highest BCUT2D eigenvalue weighted by Gasteiger charge is 2.30. The molecule has 0 aliphatic rings. The highest BCUT2D eigenvalue weighted by molar-refractivity contribution is 8.00. The van der Waals surface area contributed by atoms with Gasteiger partial charge in [-0.3, -0.25) is 14.4 Å². The Balaban J connectivity index is 1.69. The van der Waals surface area contributed by atoms with Gasteiger partial charge in [0.2, 0.25) is 21.1 Å². The third-order valence-electron chi connectivity index (χ3n) is 3.99. The Hall–Kier alpha value is -2.50. The molecule has 3 rings (SSSR count). The monoisotopic (exact) mass is 466 g/mol. The molecule has 1 unspecified atom stereocenters. The molecule has 1 atom stereocenters. The van der Waals surface area contributed by atoms with Crippen LogP contribution < -0.4 is 9.62 Å². The number of nitrogens with one attached hydrogen (secondary N) is 1. The minimum absolute atomic E-state index is 0.0662. The fraction of sp³-hybridized carbons (Fsp3) is 0.211. The zero-order valence-corrected chi connectivity index (χ0v) is 18.6. The van der Waals surface area contributed by atoms with Crippen LogP contribution in [0.15, 0.2) is 58.9 Å². The molecule has 11 heteroatoms. The molecule has 0 aliphatic carbocycles. The maximum atomic E-state index is 13.6. The van der Waals surface area contributed by atoms with Crippen LogP contribution in [-0.4, -0.2) is 36.8 Å². The molecule has 0 radical (unpaired) electrons. The zero-order chi connectivity index (χ0) is 21.7. The molecule has 1 N–H and O–H groups in total. The van der Waals surface area contributed by atoms with Gasteiger partial charge in [0.05, 0.1) is 11.9 Å². The van der Waals surface area contributed by atoms with Crippen LogP contribution in [0, 0.1) is 5.82 Å². The molecule has 0 bridgehead atoms. The summed E-state index contributed by atoms with van der Waals surface area (Å²) in [5.74, 6) is -0.486. The Morgan fingerprint density at radius 1 is 1.20 bits per heavy atom. The van der Waals surface area contributed by atoms with Gasteiger partial charge in [0.15, 0.2) is 4.34 Å². The highest BCUT2D eigenvalue weighted by atomic mass is 32.2. The summed E-state index contributed by atoms with van der Waals surface area (Å²) in [6, 6.07) is 13.8. The van der Waals surface area contributed by atoms with Crippen molar-refractivity contribution < 1.29 is 17.6 Å². The second-order valence-corrected chi connectivity index (χ2v) is 10.4. The second kappa shape index (κ2) is 9.54. The average molecular weight is 467 g/mol. The van der Waals surface area contributed by atoms with E-state index in [9.17, 15) is 17.6 Å². The lowest BCUT2D eigenvalue weighted by Crippen LogP contribution is -2.45. The summed E-state index contributed by atoms with van der Waals surface area (Å²) in [6.45, 7) is 1.42. The fourth-order valence-electron chi connectivity index (χ4n) is 2.67. The molecular formula is C19H19FN4O3S3. The topological polar surface area (TPSA) is 92.3 Å². The van der Waals surface area contributed by atoms with Crippen molar-refractivity contribution in [1.29, 1.82) is 0 Å². The molecule has 158 valence electrons. The summed E-state index contributed by atoms with van der Waals surface area (Å²) in [5, 5.41) is 10.8. The Bertz CT molecular complexity index is 1120. The van der Waals surface area contributed by atoms with Crippen LogP contribution in [0.3, 0.4) is 0 Å². The lowest BCUT2D eigenvalue weighted by Gasteiger charge is -2.27. The summed E-state index contributed by atoms with van der Waals surface area (Å²) in [4.78, 5) is 12.7. The van der Waals surface area contributed by atoms with Gasteiger partial charge in [-0.15, -0.1) is 10.2 Å². The number of aromatic nitrogens is 2. The van der Waals surface area contributed by atoms with Crippen LogP contribution in [-0.2, 0) is 20.6 Å². The van der Waals surface area contributed by atoms with Crippen molar-refractivity contribution in [2.45, 2.75) is 23.1 Å². The average Bonchev–Trinajstić information content (AvgIpc) is 3.13. The van der Waals surface area contributed by atoms with Gasteiger partial charge in [-0.2, -0.15) is 0 Å². The number of hydrogen-bond donors (Lipinski definition) is 1. The van der Waals surface area contributed by atoms with Gasteiger partial charge in [0.1, 0.15) is 11.9 Å². The molecule has 0 saturated heterocycles. The number of carbonyl (C=O) groups is 1. The number of rotatable bonds is 8. The Morgan fingerprint density at radius 3 is 2.60 bits per heavy atom. The zero-order valence-electron chi connectivity index (χ0n) is 16.1. The smallest absolute Gasteiger partial charge is 0.249 e. The summed E-state index contributed by atoms with van der Waals surface area (Å²) in [6.07, 6.45) is 0.963. The summed E-state index contributed by atoms with van der Waals surface area (Å²) < 4.78 is 39.7. The summed E-state index contributed by atoms with van der Waals surface area (Å²) >= 11 is 2.68. The van der Waals surface area contributed by atoms with Crippen LogP contribution in [0.5, 0.6) is 0 Å². The number of thioether (sulfide) groups is 1. The number of hydrogen-bond acceptors (Lipinski definition) is 7. The van der Waals surface area contributed by atoms with E-state index in [1.807, 2.05) is 30.3 Å². The molecule has 0 aliphatic heterocycles. The minimum Gasteiger partial charge on any atom is -0.299 e. The van der Waals surface area contributed by atoms with Crippen LogP contribution in [0.4, 0.5) is 15.2 Å². The van der Waals surface area contributed by atoms with Gasteiger partial charge in [-0.05, 0) is 30.7 Å². The maximum Gasteiger partial charge on any atom is 0.249 e. The first-order valence-corrected chi connectivity index (χ1v) is 12.4. The third-order valence-corrected chi connectivity index (χ3v) is 7.28. The van der Waals surface area contributed by atoms with Crippen molar-refractivity contribution >= 4 is 49.8 Å². The van der Waals surface area contributed by atoms with Gasteiger partial charge >= 0.3 is 0 Å². The van der Waals surface area contributed by atoms with E-state index >= 15 is 0 Å². The molecule has 30 heavy (non-hydrogen) atoms. The largest absolute Gasteiger partial charge is 0.299 e. The summed E-state index contributed by atoms with van der Waals surface area (Å²) in [7, 11) is -3.84. The Labute approximate surface area is 182 Å². The number of amides is 1. The van der Waals surface area contributed by atoms with E-state index in [0.717, 1.165) is 22.2 Å². The number of anilines is 2. The van der Waals surface area contributed by atoms with Crippen LogP contribution in [0.25, 0.3) is 0 Å². The second-order valence-electron chi connectivity index (χ2n) is 6.35. The van der Waals surface area contributed by atoms with E-state index in [-0.39, 0.29) is 10.8 Å². The van der Waals surface area contributed by atoms with Crippen molar-refractivity contribution in [1.82, 2.24) is 10.2 Å². The Morgan fingerprint density at radius 2 is 1.93 bits per heavy atom. The van der Waals surface area contributed by atoms with Crippen molar-refractivity contribution in [3.63, 3.8) is 0 Å². The van der Waals surface area contributed by atoms with Gasteiger partial charge in [0, 0.05) is 5.75 Å². The van der Waals surface area contributed by atoms with Gasteiger partial charge in [0.25, 0.3) is 0 Å². The predicted octanol–water partition coefficient (Wildman–Crippen LogP) is 3.76. The number of carbonyl (C=O) groups excluding carboxylic acids is 1. The van der Waals surface area contributed by atoms with Crippen molar-refractivity contribution in [3.05, 3.63) is 66.0 Å². The molecule has 7 nitrogen and oxygen atoms in total. The van der Waals surface area contributed by atoms with Gasteiger partial charge < -0.3 is 0 Å². The summed E-state index contributed by atoms with van der Waals surface area (Å²) in [5.41, 5.74) is 1.20. The van der Waals surface area contributed by atoms with Crippen LogP contribution >= 0.6 is 23.1 Å². The molecule has 0 saturated carbocycles. The van der Waals surface area contributed by atoms with E-state index in [1.54, 1.807) is 0 Å². The standard InChI is InChI=1S/C19H19FN4O3S3/c1-13(24(30(2,26)27)16-10-6-9-15(20)11-16)17(25)21-18-22-23-19(29-18)28-12-14-7-4-3-5-8-14/h3-11,13H,12H2,1-2H3,(H,21,22,25). The lowest BCUT2D eigenvalue weighted by atomic mass is 10.2.